The summed E-state index contributed by atoms with van der Waals surface area (Å²) in [6, 6.07) is -0.426. The van der Waals surface area contributed by atoms with Gasteiger partial charge in [0.1, 0.15) is 6.04 Å². The van der Waals surface area contributed by atoms with E-state index in [2.05, 4.69) is 4.74 Å². The zero-order chi connectivity index (χ0) is 9.14. The van der Waals surface area contributed by atoms with Crippen LogP contribution in [0.5, 0.6) is 0 Å². The monoisotopic (exact) mass is 171 g/mol. The summed E-state index contributed by atoms with van der Waals surface area (Å²) >= 11 is 0. The van der Waals surface area contributed by atoms with Crippen LogP contribution in [0.1, 0.15) is 19.8 Å². The van der Waals surface area contributed by atoms with Gasteiger partial charge >= 0.3 is 5.97 Å². The lowest BCUT2D eigenvalue weighted by molar-refractivity contribution is -0.150. The zero-order valence-corrected chi connectivity index (χ0v) is 7.37. The molecule has 1 unspecified atom stereocenters. The number of hydrogen-bond donors (Lipinski definition) is 0. The van der Waals surface area contributed by atoms with Crippen molar-refractivity contribution in [3.8, 4) is 0 Å². The Kier molecular flexibility index (Phi) is 2.68. The molecule has 1 saturated heterocycles. The van der Waals surface area contributed by atoms with E-state index in [1.54, 1.807) is 11.8 Å². The van der Waals surface area contributed by atoms with Crippen LogP contribution in [0.4, 0.5) is 0 Å². The summed E-state index contributed by atoms with van der Waals surface area (Å²) in [4.78, 5) is 23.7. The number of rotatable bonds is 2. The van der Waals surface area contributed by atoms with Crippen molar-refractivity contribution in [2.75, 3.05) is 13.7 Å². The number of amides is 1. The Morgan fingerprint density at radius 2 is 2.33 bits per heavy atom. The van der Waals surface area contributed by atoms with Gasteiger partial charge in [0.15, 0.2) is 0 Å². The van der Waals surface area contributed by atoms with Crippen LogP contribution in [-0.2, 0) is 14.3 Å². The summed E-state index contributed by atoms with van der Waals surface area (Å²) < 4.78 is 4.54. The molecule has 0 aromatic rings. The van der Waals surface area contributed by atoms with Gasteiger partial charge in [0.2, 0.25) is 5.91 Å². The summed E-state index contributed by atoms with van der Waals surface area (Å²) in [5, 5.41) is 0. The summed E-state index contributed by atoms with van der Waals surface area (Å²) in [6.45, 7) is 2.37. The van der Waals surface area contributed by atoms with Crippen LogP contribution in [0, 0.1) is 0 Å². The van der Waals surface area contributed by atoms with Gasteiger partial charge in [-0.3, -0.25) is 4.79 Å². The van der Waals surface area contributed by atoms with E-state index >= 15 is 0 Å². The van der Waals surface area contributed by atoms with Crippen molar-refractivity contribution < 1.29 is 14.3 Å². The van der Waals surface area contributed by atoms with Crippen molar-refractivity contribution in [3.63, 3.8) is 0 Å². The molecule has 1 amide bonds. The normalized spacial score (nSPS) is 19.5. The van der Waals surface area contributed by atoms with E-state index in [1.807, 2.05) is 0 Å². The first-order valence-corrected chi connectivity index (χ1v) is 4.04. The number of carbonyl (C=O) groups is 2. The van der Waals surface area contributed by atoms with Crippen molar-refractivity contribution in [2.45, 2.75) is 25.8 Å². The Balaban J connectivity index is 2.57. The molecule has 1 aliphatic rings. The predicted octanol–water partition coefficient (Wildman–Crippen LogP) is 0.170. The SMILES string of the molecule is COC(=O)C(C)N1CCCC1=O. The molecule has 0 aromatic heterocycles. The van der Waals surface area contributed by atoms with E-state index in [-0.39, 0.29) is 11.9 Å². The molecule has 0 N–H and O–H groups in total. The summed E-state index contributed by atoms with van der Waals surface area (Å²) in [5.41, 5.74) is 0. The molecule has 1 fully saturated rings. The van der Waals surface area contributed by atoms with Gasteiger partial charge in [-0.05, 0) is 13.3 Å². The largest absolute Gasteiger partial charge is 0.467 e. The van der Waals surface area contributed by atoms with E-state index in [0.29, 0.717) is 13.0 Å². The number of esters is 1. The molecule has 4 heteroatoms. The highest BCUT2D eigenvalue weighted by atomic mass is 16.5. The molecule has 1 rings (SSSR count). The van der Waals surface area contributed by atoms with Crippen molar-refractivity contribution in [1.82, 2.24) is 4.90 Å². The van der Waals surface area contributed by atoms with E-state index in [4.69, 9.17) is 0 Å². The molecule has 4 nitrogen and oxygen atoms in total. The fourth-order valence-corrected chi connectivity index (χ4v) is 1.38. The molecule has 0 bridgehead atoms. The second kappa shape index (κ2) is 3.56. The van der Waals surface area contributed by atoms with Crippen LogP contribution >= 0.6 is 0 Å². The predicted molar refractivity (Wildman–Crippen MR) is 42.4 cm³/mol. The van der Waals surface area contributed by atoms with Crippen LogP contribution < -0.4 is 0 Å². The van der Waals surface area contributed by atoms with Gasteiger partial charge in [-0.1, -0.05) is 0 Å². The lowest BCUT2D eigenvalue weighted by atomic mass is 10.3. The maximum atomic E-state index is 11.2. The maximum Gasteiger partial charge on any atom is 0.328 e. The van der Waals surface area contributed by atoms with Crippen LogP contribution in [0.3, 0.4) is 0 Å². The van der Waals surface area contributed by atoms with Crippen LogP contribution in [0.15, 0.2) is 0 Å². The molecule has 1 heterocycles. The molecule has 0 spiro atoms. The fraction of sp³-hybridized carbons (Fsp3) is 0.750. The zero-order valence-electron chi connectivity index (χ0n) is 7.37. The minimum Gasteiger partial charge on any atom is -0.467 e. The molecular weight excluding hydrogens is 158 g/mol. The molecule has 0 saturated carbocycles. The third-order valence-corrected chi connectivity index (χ3v) is 2.12. The van der Waals surface area contributed by atoms with Gasteiger partial charge in [0.05, 0.1) is 7.11 Å². The molecule has 0 aromatic carbocycles. The summed E-state index contributed by atoms with van der Waals surface area (Å²) in [6.07, 6.45) is 1.40. The number of likely N-dealkylation sites (tertiary alicyclic amines) is 1. The summed E-state index contributed by atoms with van der Waals surface area (Å²) in [5.74, 6) is -0.293. The molecule has 68 valence electrons. The molecule has 1 atom stereocenters. The Bertz CT molecular complexity index is 202. The van der Waals surface area contributed by atoms with Gasteiger partial charge in [0.25, 0.3) is 0 Å². The van der Waals surface area contributed by atoms with E-state index < -0.39 is 6.04 Å². The standard InChI is InChI=1S/C8H13NO3/c1-6(8(11)12-2)9-5-3-4-7(9)10/h6H,3-5H2,1-2H3. The van der Waals surface area contributed by atoms with Crippen LogP contribution in [-0.4, -0.2) is 36.5 Å². The second-order valence-corrected chi connectivity index (χ2v) is 2.89. The van der Waals surface area contributed by atoms with Crippen molar-refractivity contribution in [3.05, 3.63) is 0 Å². The third kappa shape index (κ3) is 1.57. The second-order valence-electron chi connectivity index (χ2n) is 2.89. The first-order valence-electron chi connectivity index (χ1n) is 4.04. The lowest BCUT2D eigenvalue weighted by Gasteiger charge is -2.21. The number of methoxy groups -OCH3 is 1. The Morgan fingerprint density at radius 1 is 1.67 bits per heavy atom. The molecule has 0 aliphatic carbocycles. The number of nitrogens with zero attached hydrogens (tertiary/aromatic N) is 1. The van der Waals surface area contributed by atoms with Crippen LogP contribution in [0.2, 0.25) is 0 Å². The number of hydrogen-bond acceptors (Lipinski definition) is 3. The average molecular weight is 171 g/mol. The van der Waals surface area contributed by atoms with Gasteiger partial charge < -0.3 is 9.64 Å². The Labute approximate surface area is 71.5 Å². The van der Waals surface area contributed by atoms with E-state index in [0.717, 1.165) is 6.42 Å². The van der Waals surface area contributed by atoms with Crippen LogP contribution in [0.25, 0.3) is 0 Å². The quantitative estimate of drug-likeness (QED) is 0.556. The smallest absolute Gasteiger partial charge is 0.328 e. The highest BCUT2D eigenvalue weighted by Crippen LogP contribution is 2.13. The maximum absolute atomic E-state index is 11.2. The van der Waals surface area contributed by atoms with E-state index in [9.17, 15) is 9.59 Å². The average Bonchev–Trinajstić information content (AvgIpc) is 2.48. The first-order chi connectivity index (χ1) is 5.66. The molecular formula is C8H13NO3. The van der Waals surface area contributed by atoms with Gasteiger partial charge in [-0.2, -0.15) is 0 Å². The molecule has 0 radical (unpaired) electrons. The first kappa shape index (κ1) is 9.03. The van der Waals surface area contributed by atoms with Gasteiger partial charge in [-0.15, -0.1) is 0 Å². The van der Waals surface area contributed by atoms with E-state index in [1.165, 1.54) is 7.11 Å². The lowest BCUT2D eigenvalue weighted by Crippen LogP contribution is -2.40. The molecule has 1 aliphatic heterocycles. The van der Waals surface area contributed by atoms with Gasteiger partial charge in [-0.25, -0.2) is 4.79 Å². The topological polar surface area (TPSA) is 46.6 Å². The highest BCUT2D eigenvalue weighted by Gasteiger charge is 2.29. The summed E-state index contributed by atoms with van der Waals surface area (Å²) in [7, 11) is 1.33. The number of carbonyl (C=O) groups excluding carboxylic acids is 2. The molecule has 12 heavy (non-hydrogen) atoms. The van der Waals surface area contributed by atoms with Crippen molar-refractivity contribution in [2.24, 2.45) is 0 Å². The third-order valence-electron chi connectivity index (χ3n) is 2.12. The fourth-order valence-electron chi connectivity index (χ4n) is 1.38. The van der Waals surface area contributed by atoms with Crippen molar-refractivity contribution in [1.29, 1.82) is 0 Å². The minimum absolute atomic E-state index is 0.0490. The van der Waals surface area contributed by atoms with Crippen molar-refractivity contribution >= 4 is 11.9 Å². The number of ether oxygens (including phenoxy) is 1. The minimum atomic E-state index is -0.426. The Morgan fingerprint density at radius 3 is 2.75 bits per heavy atom. The highest BCUT2D eigenvalue weighted by molar-refractivity contribution is 5.85. The Hall–Kier alpha value is -1.06. The van der Waals surface area contributed by atoms with Gasteiger partial charge in [0, 0.05) is 13.0 Å².